The number of Topliss-reactive ketones (excluding diaryl/α,β-unsaturated/α-hetero) is 1. The van der Waals surface area contributed by atoms with Gasteiger partial charge in [-0.1, -0.05) is 43.1 Å². The molecule has 10 heteroatoms. The quantitative estimate of drug-likeness (QED) is 0.324. The Labute approximate surface area is 249 Å². The normalized spacial score (nSPS) is 30.9. The Hall–Kier alpha value is -2.45. The lowest BCUT2D eigenvalue weighted by molar-refractivity contribution is -0.150. The maximum atomic E-state index is 16.0. The zero-order valence-corrected chi connectivity index (χ0v) is 25.1. The number of hydrogen-bond donors (Lipinski definition) is 1. The number of carboxylic acid groups (broad SMARTS) is 1. The first-order valence-electron chi connectivity index (χ1n) is 14.6. The number of benzene rings is 1. The number of amides is 1. The number of halogens is 3. The maximum absolute atomic E-state index is 16.0. The average molecular weight is 605 g/mol. The van der Waals surface area contributed by atoms with Crippen LogP contribution in [0.15, 0.2) is 24.4 Å². The molecule has 4 saturated carbocycles. The van der Waals surface area contributed by atoms with Crippen LogP contribution in [0.4, 0.5) is 4.39 Å². The highest BCUT2D eigenvalue weighted by Crippen LogP contribution is 2.67. The van der Waals surface area contributed by atoms with Crippen LogP contribution < -0.4 is 0 Å². The van der Waals surface area contributed by atoms with Gasteiger partial charge in [-0.3, -0.25) is 19.1 Å². The lowest BCUT2D eigenvalue weighted by atomic mass is 9.74. The number of nitrogens with zero attached hydrogens (tertiary/aromatic N) is 3. The maximum Gasteiger partial charge on any atom is 0.309 e. The topological polar surface area (TPSA) is 92.5 Å². The highest BCUT2D eigenvalue weighted by atomic mass is 35.5. The Kier molecular flexibility index (Phi) is 6.85. The van der Waals surface area contributed by atoms with E-state index in [0.717, 1.165) is 12.8 Å². The summed E-state index contributed by atoms with van der Waals surface area (Å²) in [7, 11) is 0. The molecule has 1 amide bonds. The molecule has 2 unspecified atom stereocenters. The van der Waals surface area contributed by atoms with Crippen molar-refractivity contribution < 1.29 is 23.9 Å². The summed E-state index contributed by atoms with van der Waals surface area (Å²) in [4.78, 5) is 41.3. The minimum absolute atomic E-state index is 0.160. The van der Waals surface area contributed by atoms with Gasteiger partial charge in [-0.15, -0.1) is 0 Å². The molecule has 220 valence electrons. The lowest BCUT2D eigenvalue weighted by Gasteiger charge is -2.35. The fraction of sp³-hybridized carbons (Fsp3) is 0.613. The summed E-state index contributed by atoms with van der Waals surface area (Å²) in [5.74, 6) is -0.629. The minimum atomic E-state index is -1.66. The molecule has 1 aromatic carbocycles. The number of ketones is 1. The van der Waals surface area contributed by atoms with Crippen LogP contribution in [-0.2, 0) is 10.5 Å². The van der Waals surface area contributed by atoms with Gasteiger partial charge in [-0.2, -0.15) is 5.10 Å². The molecule has 41 heavy (non-hydrogen) atoms. The first-order chi connectivity index (χ1) is 19.3. The van der Waals surface area contributed by atoms with E-state index in [1.54, 1.807) is 34.7 Å². The Bertz CT molecular complexity index is 1390. The van der Waals surface area contributed by atoms with Crippen molar-refractivity contribution in [1.82, 2.24) is 14.7 Å². The van der Waals surface area contributed by atoms with Crippen LogP contribution in [0.2, 0.25) is 10.0 Å². The zero-order chi connectivity index (χ0) is 29.5. The summed E-state index contributed by atoms with van der Waals surface area (Å²) in [5, 5.41) is 14.6. The molecule has 6 rings (SSSR count). The molecule has 0 aliphatic heterocycles. The molecule has 2 atom stereocenters. The Morgan fingerprint density at radius 3 is 2.17 bits per heavy atom. The van der Waals surface area contributed by atoms with Crippen LogP contribution in [0, 0.1) is 22.7 Å². The van der Waals surface area contributed by atoms with Crippen molar-refractivity contribution in [2.45, 2.75) is 89.9 Å². The fourth-order valence-corrected chi connectivity index (χ4v) is 8.15. The van der Waals surface area contributed by atoms with E-state index in [-0.39, 0.29) is 56.7 Å². The molecule has 1 aromatic heterocycles. The molecule has 4 fully saturated rings. The van der Waals surface area contributed by atoms with Gasteiger partial charge < -0.3 is 10.0 Å². The summed E-state index contributed by atoms with van der Waals surface area (Å²) in [6, 6.07) is 4.51. The molecule has 0 spiro atoms. The Balaban J connectivity index is 1.32. The first kappa shape index (κ1) is 28.7. The molecule has 0 radical (unpaired) electrons. The van der Waals surface area contributed by atoms with Gasteiger partial charge in [0.15, 0.2) is 11.5 Å². The average Bonchev–Trinajstić information content (AvgIpc) is 3.54. The number of carbonyl (C=O) groups is 3. The number of aliphatic carboxylic acids is 1. The molecule has 1 heterocycles. The molecular formula is C31H36Cl2FN3O4. The third-order valence-electron chi connectivity index (χ3n) is 10.7. The highest BCUT2D eigenvalue weighted by molar-refractivity contribution is 6.40. The smallest absolute Gasteiger partial charge is 0.309 e. The molecular weight excluding hydrogens is 568 g/mol. The molecule has 0 bridgehead atoms. The lowest BCUT2D eigenvalue weighted by Crippen LogP contribution is -2.44. The van der Waals surface area contributed by atoms with Crippen molar-refractivity contribution in [3.05, 3.63) is 51.3 Å². The van der Waals surface area contributed by atoms with Crippen molar-refractivity contribution in [2.24, 2.45) is 22.7 Å². The third kappa shape index (κ3) is 4.79. The number of carbonyl (C=O) groups excluding carboxylic acids is 2. The van der Waals surface area contributed by atoms with Gasteiger partial charge in [0.1, 0.15) is 0 Å². The number of carboxylic acids is 1. The molecule has 0 saturated heterocycles. The minimum Gasteiger partial charge on any atom is -0.481 e. The Morgan fingerprint density at radius 1 is 1.05 bits per heavy atom. The van der Waals surface area contributed by atoms with Gasteiger partial charge in [-0.25, -0.2) is 4.39 Å². The molecule has 2 aromatic rings. The van der Waals surface area contributed by atoms with Crippen molar-refractivity contribution in [2.75, 3.05) is 6.54 Å². The second kappa shape index (κ2) is 9.80. The fourth-order valence-electron chi connectivity index (χ4n) is 7.54. The van der Waals surface area contributed by atoms with E-state index in [0.29, 0.717) is 50.4 Å². The molecule has 7 nitrogen and oxygen atoms in total. The summed E-state index contributed by atoms with van der Waals surface area (Å²) < 4.78 is 17.6. The van der Waals surface area contributed by atoms with Crippen LogP contribution in [0.25, 0.3) is 0 Å². The summed E-state index contributed by atoms with van der Waals surface area (Å²) in [6.45, 7) is 6.01. The van der Waals surface area contributed by atoms with Crippen LogP contribution >= 0.6 is 23.2 Å². The van der Waals surface area contributed by atoms with Gasteiger partial charge in [-0.05, 0) is 87.7 Å². The monoisotopic (exact) mass is 603 g/mol. The zero-order valence-electron chi connectivity index (χ0n) is 23.6. The van der Waals surface area contributed by atoms with Crippen molar-refractivity contribution >= 4 is 40.9 Å². The number of fused-ring (bicyclic) bond motifs is 1. The summed E-state index contributed by atoms with van der Waals surface area (Å²) in [5.41, 5.74) is -1.61. The van der Waals surface area contributed by atoms with Crippen LogP contribution in [-0.4, -0.2) is 50.0 Å². The van der Waals surface area contributed by atoms with Gasteiger partial charge >= 0.3 is 5.97 Å². The summed E-state index contributed by atoms with van der Waals surface area (Å²) in [6.07, 6.45) is 5.60. The van der Waals surface area contributed by atoms with E-state index in [4.69, 9.17) is 23.2 Å². The van der Waals surface area contributed by atoms with E-state index >= 15 is 4.39 Å². The van der Waals surface area contributed by atoms with Crippen LogP contribution in [0.5, 0.6) is 0 Å². The first-order valence-corrected chi connectivity index (χ1v) is 15.3. The van der Waals surface area contributed by atoms with E-state index < -0.39 is 23.0 Å². The molecule has 4 aliphatic carbocycles. The largest absolute Gasteiger partial charge is 0.481 e. The SMILES string of the molecule is CC1(C(=O)O)CCC(n2ncc(C(=O)N(CC(=O)c3c(Cl)cccc3Cl)C3CC4C(C3)C4(C)C)c2C2(F)CC2)CC1. The standard InChI is InChI=1S/C31H36Cl2FN3O4/c1-29(2)20-13-18(14-21(20)29)36(16-24(38)25-22(32)5-4-6-23(25)33)27(39)19-15-35-37(26(19)31(34)11-12-31)17-7-9-30(3,10-8-17)28(40)41/h4-6,15,17-18,20-21H,7-14,16H2,1-3H3,(H,40,41). The van der Waals surface area contributed by atoms with E-state index in [1.165, 1.54) is 6.20 Å². The predicted octanol–water partition coefficient (Wildman–Crippen LogP) is 7.11. The second-order valence-electron chi connectivity index (χ2n) is 13.5. The van der Waals surface area contributed by atoms with E-state index in [1.807, 2.05) is 0 Å². The van der Waals surface area contributed by atoms with Crippen molar-refractivity contribution in [3.63, 3.8) is 0 Å². The van der Waals surface area contributed by atoms with Crippen molar-refractivity contribution in [3.8, 4) is 0 Å². The molecule has 4 aliphatic rings. The summed E-state index contributed by atoms with van der Waals surface area (Å²) >= 11 is 12.7. The van der Waals surface area contributed by atoms with Crippen LogP contribution in [0.1, 0.15) is 105 Å². The number of alkyl halides is 1. The van der Waals surface area contributed by atoms with E-state index in [9.17, 15) is 19.5 Å². The highest BCUT2D eigenvalue weighted by Gasteiger charge is 2.63. The molecule has 1 N–H and O–H groups in total. The van der Waals surface area contributed by atoms with Crippen molar-refractivity contribution in [1.29, 1.82) is 0 Å². The second-order valence-corrected chi connectivity index (χ2v) is 14.3. The van der Waals surface area contributed by atoms with Gasteiger partial charge in [0.05, 0.1) is 51.1 Å². The number of rotatable bonds is 8. The third-order valence-corrected chi connectivity index (χ3v) is 11.3. The van der Waals surface area contributed by atoms with Gasteiger partial charge in [0, 0.05) is 6.04 Å². The predicted molar refractivity (Wildman–Crippen MR) is 153 cm³/mol. The van der Waals surface area contributed by atoms with Gasteiger partial charge in [0.25, 0.3) is 5.91 Å². The Morgan fingerprint density at radius 2 is 1.63 bits per heavy atom. The van der Waals surface area contributed by atoms with E-state index in [2.05, 4.69) is 18.9 Å². The number of aromatic nitrogens is 2. The van der Waals surface area contributed by atoms with Crippen LogP contribution in [0.3, 0.4) is 0 Å². The van der Waals surface area contributed by atoms with Gasteiger partial charge in [0.2, 0.25) is 0 Å². The number of hydrogen-bond acceptors (Lipinski definition) is 4.